The van der Waals surface area contributed by atoms with E-state index in [9.17, 15) is 26.4 Å². The van der Waals surface area contributed by atoms with Crippen LogP contribution in [0.25, 0.3) is 5.69 Å². The van der Waals surface area contributed by atoms with E-state index in [2.05, 4.69) is 10.4 Å². The minimum atomic E-state index is -4.62. The van der Waals surface area contributed by atoms with Crippen LogP contribution in [0.4, 0.5) is 19.0 Å². The van der Waals surface area contributed by atoms with Gasteiger partial charge in [0.05, 0.1) is 21.8 Å². The number of nitrogens with zero attached hydrogens (tertiary/aromatic N) is 3. The Labute approximate surface area is 196 Å². The monoisotopic (exact) mass is 494 g/mol. The molecule has 0 fully saturated rings. The summed E-state index contributed by atoms with van der Waals surface area (Å²) in [5, 5.41) is 6.71. The molecule has 0 spiro atoms. The number of hydrogen-bond acceptors (Lipinski definition) is 4. The fraction of sp³-hybridized carbons (Fsp3) is 0.304. The second-order valence-electron chi connectivity index (χ2n) is 7.62. The van der Waals surface area contributed by atoms with E-state index in [1.54, 1.807) is 27.7 Å². The first kappa shape index (κ1) is 25.4. The van der Waals surface area contributed by atoms with Gasteiger partial charge in [0.1, 0.15) is 5.82 Å². The summed E-state index contributed by atoms with van der Waals surface area (Å²) in [4.78, 5) is 13.1. The van der Waals surface area contributed by atoms with Crippen molar-refractivity contribution >= 4 is 21.7 Å². The third-order valence-electron chi connectivity index (χ3n) is 5.31. The second-order valence-corrected chi connectivity index (χ2v) is 9.56. The van der Waals surface area contributed by atoms with E-state index in [1.807, 2.05) is 0 Å². The highest BCUT2D eigenvalue weighted by Crippen LogP contribution is 2.35. The summed E-state index contributed by atoms with van der Waals surface area (Å²) >= 11 is 0. The Hall–Kier alpha value is -3.18. The van der Waals surface area contributed by atoms with Crippen LogP contribution in [-0.4, -0.2) is 41.5 Å². The number of amides is 1. The molecule has 34 heavy (non-hydrogen) atoms. The summed E-state index contributed by atoms with van der Waals surface area (Å²) in [6.07, 6.45) is -4.62. The van der Waals surface area contributed by atoms with E-state index in [0.717, 1.165) is 10.7 Å². The van der Waals surface area contributed by atoms with Crippen molar-refractivity contribution in [3.8, 4) is 5.69 Å². The summed E-state index contributed by atoms with van der Waals surface area (Å²) in [7, 11) is -3.81. The number of rotatable bonds is 7. The quantitative estimate of drug-likeness (QED) is 0.512. The Morgan fingerprint density at radius 1 is 1.06 bits per heavy atom. The van der Waals surface area contributed by atoms with Gasteiger partial charge >= 0.3 is 6.18 Å². The summed E-state index contributed by atoms with van der Waals surface area (Å²) in [6, 6.07) is 10.6. The topological polar surface area (TPSA) is 84.3 Å². The zero-order valence-corrected chi connectivity index (χ0v) is 20.0. The zero-order chi connectivity index (χ0) is 25.3. The first-order valence-corrected chi connectivity index (χ1v) is 12.0. The molecule has 0 aliphatic heterocycles. The normalized spacial score (nSPS) is 12.2. The molecule has 3 aromatic rings. The number of aryl methyl sites for hydroxylation is 2. The number of aromatic nitrogens is 2. The maximum atomic E-state index is 13.5. The maximum Gasteiger partial charge on any atom is 0.418 e. The van der Waals surface area contributed by atoms with Gasteiger partial charge in [0.25, 0.3) is 5.91 Å². The van der Waals surface area contributed by atoms with Crippen LogP contribution in [0.2, 0.25) is 0 Å². The van der Waals surface area contributed by atoms with Gasteiger partial charge in [-0.2, -0.15) is 22.6 Å². The van der Waals surface area contributed by atoms with Crippen LogP contribution in [0.1, 0.15) is 41.0 Å². The van der Waals surface area contributed by atoms with E-state index < -0.39 is 27.7 Å². The Morgan fingerprint density at radius 2 is 1.71 bits per heavy atom. The van der Waals surface area contributed by atoms with E-state index in [0.29, 0.717) is 11.3 Å². The van der Waals surface area contributed by atoms with Gasteiger partial charge < -0.3 is 5.32 Å². The molecule has 1 aromatic heterocycles. The molecule has 3 rings (SSSR count). The number of para-hydroxylation sites is 1. The molecule has 1 amide bonds. The molecule has 0 radical (unpaired) electrons. The molecule has 11 heteroatoms. The highest BCUT2D eigenvalue weighted by atomic mass is 32.2. The molecular formula is C23H25F3N4O3S. The van der Waals surface area contributed by atoms with Gasteiger partial charge in [0, 0.05) is 24.7 Å². The number of halogens is 3. The van der Waals surface area contributed by atoms with E-state index in [-0.39, 0.29) is 35.1 Å². The molecule has 0 saturated carbocycles. The molecular weight excluding hydrogens is 469 g/mol. The predicted molar refractivity (Wildman–Crippen MR) is 123 cm³/mol. The molecule has 7 nitrogen and oxygen atoms in total. The minimum Gasteiger partial charge on any atom is -0.306 e. The third kappa shape index (κ3) is 5.00. The number of carbonyl (C=O) groups excluding carboxylic acids is 1. The Bertz CT molecular complexity index is 1310. The molecule has 2 aromatic carbocycles. The van der Waals surface area contributed by atoms with Crippen molar-refractivity contribution in [1.82, 2.24) is 14.1 Å². The highest BCUT2D eigenvalue weighted by molar-refractivity contribution is 7.89. The third-order valence-corrected chi connectivity index (χ3v) is 7.35. The molecule has 0 aliphatic carbocycles. The fourth-order valence-electron chi connectivity index (χ4n) is 3.57. The Morgan fingerprint density at radius 3 is 2.32 bits per heavy atom. The standard InChI is InChI=1S/C23H25F3N4O3S/c1-5-29(6-2)34(32,33)17-12-11-15(3)18(14-17)22(31)27-21-13-16(4)28-30(21)20-10-8-7-9-19(20)23(24,25)26/h7-14H,5-6H2,1-4H3,(H,27,31). The Balaban J connectivity index is 2.02. The molecule has 0 bridgehead atoms. The SMILES string of the molecule is CCN(CC)S(=O)(=O)c1ccc(C)c(C(=O)Nc2cc(C)nn2-c2ccccc2C(F)(F)F)c1. The first-order chi connectivity index (χ1) is 15.9. The van der Waals surface area contributed by atoms with Crippen molar-refractivity contribution in [1.29, 1.82) is 0 Å². The van der Waals surface area contributed by atoms with Crippen molar-refractivity contribution in [2.45, 2.75) is 38.8 Å². The molecule has 0 saturated heterocycles. The number of hydrogen-bond donors (Lipinski definition) is 1. The average molecular weight is 495 g/mol. The van der Waals surface area contributed by atoms with Crippen molar-refractivity contribution in [2.75, 3.05) is 18.4 Å². The number of alkyl halides is 3. The van der Waals surface area contributed by atoms with Crippen molar-refractivity contribution in [3.05, 3.63) is 70.9 Å². The number of nitrogens with one attached hydrogen (secondary N) is 1. The zero-order valence-electron chi connectivity index (χ0n) is 19.1. The van der Waals surface area contributed by atoms with Crippen LogP contribution in [0, 0.1) is 13.8 Å². The van der Waals surface area contributed by atoms with Crippen molar-refractivity contribution in [2.24, 2.45) is 0 Å². The summed E-state index contributed by atoms with van der Waals surface area (Å²) in [6.45, 7) is 7.20. The second kappa shape index (κ2) is 9.59. The van der Waals surface area contributed by atoms with Gasteiger partial charge in [-0.1, -0.05) is 32.0 Å². The maximum absolute atomic E-state index is 13.5. The fourth-order valence-corrected chi connectivity index (χ4v) is 5.06. The molecule has 182 valence electrons. The minimum absolute atomic E-state index is 0.0237. The lowest BCUT2D eigenvalue weighted by Gasteiger charge is -2.19. The summed E-state index contributed by atoms with van der Waals surface area (Å²) in [5.74, 6) is -0.643. The van der Waals surface area contributed by atoms with Gasteiger partial charge in [-0.3, -0.25) is 4.79 Å². The summed E-state index contributed by atoms with van der Waals surface area (Å²) < 4.78 is 68.7. The van der Waals surface area contributed by atoms with Crippen LogP contribution in [-0.2, 0) is 16.2 Å². The number of anilines is 1. The van der Waals surface area contributed by atoms with Gasteiger partial charge in [0.2, 0.25) is 10.0 Å². The lowest BCUT2D eigenvalue weighted by atomic mass is 10.1. The average Bonchev–Trinajstić information content (AvgIpc) is 3.13. The van der Waals surface area contributed by atoms with Gasteiger partial charge in [0.15, 0.2) is 0 Å². The van der Waals surface area contributed by atoms with Crippen molar-refractivity contribution in [3.63, 3.8) is 0 Å². The predicted octanol–water partition coefficient (Wildman–Crippen LogP) is 4.79. The number of carbonyl (C=O) groups is 1. The highest BCUT2D eigenvalue weighted by Gasteiger charge is 2.34. The molecule has 0 atom stereocenters. The molecule has 0 aliphatic rings. The van der Waals surface area contributed by atoms with E-state index in [4.69, 9.17) is 0 Å². The molecule has 0 unspecified atom stereocenters. The lowest BCUT2D eigenvalue weighted by Crippen LogP contribution is -2.31. The molecule has 1 N–H and O–H groups in total. The number of benzene rings is 2. The first-order valence-electron chi connectivity index (χ1n) is 10.6. The van der Waals surface area contributed by atoms with E-state index in [1.165, 1.54) is 46.8 Å². The Kier molecular flexibility index (Phi) is 7.18. The van der Waals surface area contributed by atoms with E-state index >= 15 is 0 Å². The summed E-state index contributed by atoms with van der Waals surface area (Å²) in [5.41, 5.74) is -0.163. The van der Waals surface area contributed by atoms with Gasteiger partial charge in [-0.05, 0) is 43.7 Å². The smallest absolute Gasteiger partial charge is 0.306 e. The molecule has 1 heterocycles. The van der Waals surface area contributed by atoms with Crippen LogP contribution >= 0.6 is 0 Å². The van der Waals surface area contributed by atoms with Gasteiger partial charge in [-0.25, -0.2) is 13.1 Å². The number of sulfonamides is 1. The van der Waals surface area contributed by atoms with Crippen molar-refractivity contribution < 1.29 is 26.4 Å². The van der Waals surface area contributed by atoms with Crippen LogP contribution < -0.4 is 5.32 Å². The largest absolute Gasteiger partial charge is 0.418 e. The van der Waals surface area contributed by atoms with Crippen LogP contribution in [0.15, 0.2) is 53.4 Å². The van der Waals surface area contributed by atoms with Crippen LogP contribution in [0.5, 0.6) is 0 Å². The lowest BCUT2D eigenvalue weighted by molar-refractivity contribution is -0.137. The van der Waals surface area contributed by atoms with Crippen LogP contribution in [0.3, 0.4) is 0 Å². The van der Waals surface area contributed by atoms with Gasteiger partial charge in [-0.15, -0.1) is 0 Å².